The summed E-state index contributed by atoms with van der Waals surface area (Å²) in [5, 5.41) is 0. The van der Waals surface area contributed by atoms with Crippen molar-refractivity contribution < 1.29 is 27.5 Å². The summed E-state index contributed by atoms with van der Waals surface area (Å²) in [6.45, 7) is 2.73. The predicted molar refractivity (Wildman–Crippen MR) is 102 cm³/mol. The summed E-state index contributed by atoms with van der Waals surface area (Å²) in [5.41, 5.74) is 0.560. The summed E-state index contributed by atoms with van der Waals surface area (Å²) in [6.07, 6.45) is 0. The smallest absolute Gasteiger partial charge is 0.343 e. The van der Waals surface area contributed by atoms with Crippen LogP contribution >= 0.6 is 0 Å². The van der Waals surface area contributed by atoms with Gasteiger partial charge in [-0.1, -0.05) is 12.1 Å². The van der Waals surface area contributed by atoms with Gasteiger partial charge in [-0.05, 0) is 50.2 Å². The van der Waals surface area contributed by atoms with Crippen LogP contribution in [0.3, 0.4) is 0 Å². The maximum Gasteiger partial charge on any atom is 0.343 e. The maximum atomic E-state index is 13.1. The molecule has 0 aromatic heterocycles. The van der Waals surface area contributed by atoms with Crippen LogP contribution in [0.4, 0.5) is 16.2 Å². The van der Waals surface area contributed by atoms with Gasteiger partial charge in [0.15, 0.2) is 5.78 Å². The first-order valence-electron chi connectivity index (χ1n) is 8.50. The standard InChI is InChI=1S/C19H18N2O6S/c1-3-27-18(23)12-20-16-6-4-5-7-17(16)28(25,26)21(19(20)24)15-10-8-14(9-11-15)13(2)22/h4-11H,3,12H2,1-2H3. The largest absolute Gasteiger partial charge is 0.465 e. The van der Waals surface area contributed by atoms with Crippen molar-refractivity contribution in [1.29, 1.82) is 0 Å². The third-order valence-electron chi connectivity index (χ3n) is 4.18. The molecule has 2 aromatic rings. The van der Waals surface area contributed by atoms with E-state index in [2.05, 4.69) is 0 Å². The number of anilines is 2. The number of esters is 1. The van der Waals surface area contributed by atoms with E-state index in [4.69, 9.17) is 4.74 Å². The van der Waals surface area contributed by atoms with Gasteiger partial charge in [-0.15, -0.1) is 0 Å². The second kappa shape index (κ2) is 7.43. The second-order valence-electron chi connectivity index (χ2n) is 6.01. The van der Waals surface area contributed by atoms with Gasteiger partial charge in [0.1, 0.15) is 11.4 Å². The van der Waals surface area contributed by atoms with Crippen LogP contribution in [0, 0.1) is 0 Å². The number of benzene rings is 2. The molecule has 9 heteroatoms. The van der Waals surface area contributed by atoms with Gasteiger partial charge in [0.2, 0.25) is 0 Å². The van der Waals surface area contributed by atoms with Crippen molar-refractivity contribution in [3.05, 3.63) is 54.1 Å². The molecule has 0 aliphatic carbocycles. The van der Waals surface area contributed by atoms with E-state index in [9.17, 15) is 22.8 Å². The minimum atomic E-state index is -4.19. The van der Waals surface area contributed by atoms with Crippen LogP contribution in [0.1, 0.15) is 24.2 Å². The second-order valence-corrected chi connectivity index (χ2v) is 7.77. The lowest BCUT2D eigenvalue weighted by Crippen LogP contribution is -2.52. The highest BCUT2D eigenvalue weighted by atomic mass is 32.2. The highest BCUT2D eigenvalue weighted by molar-refractivity contribution is 7.94. The van der Waals surface area contributed by atoms with Crippen LogP contribution in [0.15, 0.2) is 53.4 Å². The number of urea groups is 1. The van der Waals surface area contributed by atoms with Crippen molar-refractivity contribution in [3.8, 4) is 0 Å². The monoisotopic (exact) mass is 402 g/mol. The number of carbonyl (C=O) groups is 3. The summed E-state index contributed by atoms with van der Waals surface area (Å²) in [7, 11) is -4.19. The zero-order chi connectivity index (χ0) is 20.5. The van der Waals surface area contributed by atoms with Gasteiger partial charge >= 0.3 is 12.0 Å². The predicted octanol–water partition coefficient (Wildman–Crippen LogP) is 2.59. The molecule has 1 aliphatic heterocycles. The quantitative estimate of drug-likeness (QED) is 0.563. The molecule has 8 nitrogen and oxygen atoms in total. The molecule has 3 rings (SSSR count). The fourth-order valence-electron chi connectivity index (χ4n) is 2.88. The molecule has 0 radical (unpaired) electrons. The Morgan fingerprint density at radius 1 is 1.04 bits per heavy atom. The SMILES string of the molecule is CCOC(=O)CN1C(=O)N(c2ccc(C(C)=O)cc2)S(=O)(=O)c2ccccc21. The van der Waals surface area contributed by atoms with E-state index in [0.717, 1.165) is 4.90 Å². The number of para-hydroxylation sites is 1. The molecule has 0 saturated carbocycles. The fraction of sp³-hybridized carbons (Fsp3) is 0.211. The van der Waals surface area contributed by atoms with Crippen molar-refractivity contribution >= 4 is 39.2 Å². The number of rotatable bonds is 5. The van der Waals surface area contributed by atoms with E-state index in [1.54, 1.807) is 13.0 Å². The molecule has 0 fully saturated rings. The Morgan fingerprint density at radius 2 is 1.68 bits per heavy atom. The lowest BCUT2D eigenvalue weighted by molar-refractivity contribution is -0.141. The molecule has 0 spiro atoms. The molecule has 146 valence electrons. The highest BCUT2D eigenvalue weighted by Crippen LogP contribution is 2.37. The molecule has 28 heavy (non-hydrogen) atoms. The molecule has 2 aromatic carbocycles. The number of nitrogens with zero attached hydrogens (tertiary/aromatic N) is 2. The first-order chi connectivity index (χ1) is 13.3. The summed E-state index contributed by atoms with van der Waals surface area (Å²) in [5.74, 6) is -0.842. The number of fused-ring (bicyclic) bond motifs is 1. The molecular weight excluding hydrogens is 384 g/mol. The van der Waals surface area contributed by atoms with E-state index in [1.807, 2.05) is 0 Å². The number of amides is 2. The molecule has 0 atom stereocenters. The Kier molecular flexibility index (Phi) is 5.19. The number of hydrogen-bond donors (Lipinski definition) is 0. The Hall–Kier alpha value is -3.20. The van der Waals surface area contributed by atoms with E-state index in [0.29, 0.717) is 9.87 Å². The third-order valence-corrected chi connectivity index (χ3v) is 5.93. The van der Waals surface area contributed by atoms with Crippen molar-refractivity contribution in [2.24, 2.45) is 0 Å². The van der Waals surface area contributed by atoms with Crippen molar-refractivity contribution in [3.63, 3.8) is 0 Å². The topological polar surface area (TPSA) is 101 Å². The minimum absolute atomic E-state index is 0.0679. The minimum Gasteiger partial charge on any atom is -0.465 e. The Labute approximate surface area is 162 Å². The van der Waals surface area contributed by atoms with E-state index < -0.39 is 28.6 Å². The van der Waals surface area contributed by atoms with Gasteiger partial charge in [-0.25, -0.2) is 13.2 Å². The van der Waals surface area contributed by atoms with Crippen LogP contribution in [-0.2, 0) is 19.6 Å². The Balaban J connectivity index is 2.11. The van der Waals surface area contributed by atoms with Gasteiger partial charge < -0.3 is 4.74 Å². The molecule has 0 saturated heterocycles. The third kappa shape index (κ3) is 3.36. The normalized spacial score (nSPS) is 15.1. The zero-order valence-corrected chi connectivity index (χ0v) is 16.1. The number of hydrogen-bond acceptors (Lipinski definition) is 6. The van der Waals surface area contributed by atoms with Gasteiger partial charge in [0.25, 0.3) is 10.0 Å². The zero-order valence-electron chi connectivity index (χ0n) is 15.3. The summed E-state index contributed by atoms with van der Waals surface area (Å²) < 4.78 is 31.7. The van der Waals surface area contributed by atoms with Gasteiger partial charge in [0, 0.05) is 5.56 Å². The van der Waals surface area contributed by atoms with E-state index in [-0.39, 0.29) is 28.7 Å². The number of carbonyl (C=O) groups excluding carboxylic acids is 3. The summed E-state index contributed by atoms with van der Waals surface area (Å²) >= 11 is 0. The van der Waals surface area contributed by atoms with Crippen LogP contribution in [-0.4, -0.2) is 39.4 Å². The first kappa shape index (κ1) is 19.6. The van der Waals surface area contributed by atoms with Gasteiger partial charge in [-0.2, -0.15) is 4.31 Å². The van der Waals surface area contributed by atoms with Crippen molar-refractivity contribution in [1.82, 2.24) is 0 Å². The van der Waals surface area contributed by atoms with Crippen molar-refractivity contribution in [2.75, 3.05) is 22.4 Å². The number of sulfonamides is 1. The molecule has 0 bridgehead atoms. The lowest BCUT2D eigenvalue weighted by atomic mass is 10.1. The number of ether oxygens (including phenoxy) is 1. The van der Waals surface area contributed by atoms with E-state index in [1.165, 1.54) is 49.4 Å². The van der Waals surface area contributed by atoms with Gasteiger partial charge in [-0.3, -0.25) is 14.5 Å². The Morgan fingerprint density at radius 3 is 2.29 bits per heavy atom. The van der Waals surface area contributed by atoms with Crippen molar-refractivity contribution in [2.45, 2.75) is 18.7 Å². The van der Waals surface area contributed by atoms with Crippen LogP contribution in [0.2, 0.25) is 0 Å². The van der Waals surface area contributed by atoms with Crippen LogP contribution < -0.4 is 9.21 Å². The van der Waals surface area contributed by atoms with Crippen LogP contribution in [0.25, 0.3) is 0 Å². The summed E-state index contributed by atoms with van der Waals surface area (Å²) in [4.78, 5) is 37.5. The van der Waals surface area contributed by atoms with Gasteiger partial charge in [0.05, 0.1) is 18.0 Å². The molecule has 1 aliphatic rings. The molecular formula is C19H18N2O6S. The molecule has 2 amide bonds. The Bertz CT molecular complexity index is 1050. The summed E-state index contributed by atoms with van der Waals surface area (Å²) in [6, 6.07) is 10.7. The van der Waals surface area contributed by atoms with Crippen LogP contribution in [0.5, 0.6) is 0 Å². The maximum absolute atomic E-state index is 13.1. The number of Topliss-reactive ketones (excluding diaryl/α,β-unsaturated/α-hetero) is 1. The average Bonchev–Trinajstić information content (AvgIpc) is 2.66. The molecule has 0 unspecified atom stereocenters. The molecule has 0 N–H and O–H groups in total. The lowest BCUT2D eigenvalue weighted by Gasteiger charge is -2.35. The first-order valence-corrected chi connectivity index (χ1v) is 9.94. The average molecular weight is 402 g/mol. The molecule has 1 heterocycles. The fourth-order valence-corrected chi connectivity index (χ4v) is 4.47. The number of ketones is 1. The van der Waals surface area contributed by atoms with E-state index >= 15 is 0 Å². The highest BCUT2D eigenvalue weighted by Gasteiger charge is 2.43.